The van der Waals surface area contributed by atoms with Crippen molar-refractivity contribution in [3.05, 3.63) is 60.2 Å². The van der Waals surface area contributed by atoms with Gasteiger partial charge in [-0.2, -0.15) is 0 Å². The molecule has 5 heteroatoms. The van der Waals surface area contributed by atoms with E-state index in [0.29, 0.717) is 11.6 Å². The first-order chi connectivity index (χ1) is 9.78. The summed E-state index contributed by atoms with van der Waals surface area (Å²) in [6.07, 6.45) is 2.30. The maximum atomic E-state index is 10.4. The second kappa shape index (κ2) is 5.22. The molecule has 5 nitrogen and oxygen atoms in total. The molecule has 0 saturated heterocycles. The number of aromatic nitrogens is 3. The van der Waals surface area contributed by atoms with E-state index in [1.807, 2.05) is 30.3 Å². The summed E-state index contributed by atoms with van der Waals surface area (Å²) >= 11 is 0. The third kappa shape index (κ3) is 2.31. The minimum Gasteiger partial charge on any atom is -0.481 e. The average Bonchev–Trinajstić information content (AvgIpc) is 2.53. The molecule has 0 aliphatic heterocycles. The zero-order chi connectivity index (χ0) is 13.9. The molecule has 0 aliphatic rings. The number of ether oxygens (including phenoxy) is 1. The minimum atomic E-state index is -0.823. The Kier molecular flexibility index (Phi) is 3.26. The van der Waals surface area contributed by atoms with E-state index in [1.54, 1.807) is 12.3 Å². The van der Waals surface area contributed by atoms with Crippen molar-refractivity contribution in [1.29, 1.82) is 0 Å². The van der Waals surface area contributed by atoms with Crippen LogP contribution >= 0.6 is 0 Å². The summed E-state index contributed by atoms with van der Waals surface area (Å²) in [4.78, 5) is 12.3. The van der Waals surface area contributed by atoms with Crippen LogP contribution in [0.1, 0.15) is 17.4 Å². The molecule has 3 rings (SSSR count). The number of hydrogen-bond donors (Lipinski definition) is 1. The second-order valence-corrected chi connectivity index (χ2v) is 4.34. The van der Waals surface area contributed by atoms with Gasteiger partial charge in [0.15, 0.2) is 0 Å². The van der Waals surface area contributed by atoms with Crippen LogP contribution < -0.4 is 4.74 Å². The Morgan fingerprint density at radius 3 is 2.85 bits per heavy atom. The van der Waals surface area contributed by atoms with Crippen LogP contribution in [0.5, 0.6) is 5.88 Å². The fourth-order valence-electron chi connectivity index (χ4n) is 2.05. The Labute approximate surface area is 115 Å². The SMILES string of the molecule is COc1cc(C(O)c2ccc3ncccc3c2)ncn1. The molecule has 20 heavy (non-hydrogen) atoms. The highest BCUT2D eigenvalue weighted by molar-refractivity contribution is 5.79. The monoisotopic (exact) mass is 267 g/mol. The smallest absolute Gasteiger partial charge is 0.216 e. The van der Waals surface area contributed by atoms with Crippen molar-refractivity contribution in [3.63, 3.8) is 0 Å². The first-order valence-corrected chi connectivity index (χ1v) is 6.16. The van der Waals surface area contributed by atoms with Crippen LogP contribution in [0, 0.1) is 0 Å². The lowest BCUT2D eigenvalue weighted by atomic mass is 10.0. The van der Waals surface area contributed by atoms with Gasteiger partial charge in [-0.15, -0.1) is 0 Å². The summed E-state index contributed by atoms with van der Waals surface area (Å²) in [6.45, 7) is 0. The number of methoxy groups -OCH3 is 1. The molecule has 100 valence electrons. The number of benzene rings is 1. The molecule has 1 aromatic carbocycles. The van der Waals surface area contributed by atoms with Crippen molar-refractivity contribution in [2.24, 2.45) is 0 Å². The van der Waals surface area contributed by atoms with Crippen LogP contribution in [0.15, 0.2) is 48.9 Å². The molecule has 1 unspecified atom stereocenters. The van der Waals surface area contributed by atoms with Crippen LogP contribution in [-0.2, 0) is 0 Å². The second-order valence-electron chi connectivity index (χ2n) is 4.34. The molecule has 2 aromatic heterocycles. The highest BCUT2D eigenvalue weighted by Gasteiger charge is 2.13. The number of pyridine rings is 1. The molecule has 0 aliphatic carbocycles. The van der Waals surface area contributed by atoms with Crippen molar-refractivity contribution in [2.75, 3.05) is 7.11 Å². The summed E-state index contributed by atoms with van der Waals surface area (Å²) in [6, 6.07) is 11.1. The number of rotatable bonds is 3. The molecule has 0 amide bonds. The van der Waals surface area contributed by atoms with Crippen LogP contribution in [0.2, 0.25) is 0 Å². The van der Waals surface area contributed by atoms with Gasteiger partial charge in [-0.05, 0) is 23.8 Å². The number of hydrogen-bond acceptors (Lipinski definition) is 5. The molecule has 0 radical (unpaired) electrons. The van der Waals surface area contributed by atoms with Crippen molar-refractivity contribution >= 4 is 10.9 Å². The predicted molar refractivity (Wildman–Crippen MR) is 74.4 cm³/mol. The van der Waals surface area contributed by atoms with Crippen LogP contribution in [0.4, 0.5) is 0 Å². The van der Waals surface area contributed by atoms with Gasteiger partial charge in [-0.3, -0.25) is 4.98 Å². The topological polar surface area (TPSA) is 68.1 Å². The molecule has 0 fully saturated rings. The maximum Gasteiger partial charge on any atom is 0.216 e. The highest BCUT2D eigenvalue weighted by atomic mass is 16.5. The molecule has 1 atom stereocenters. The molecule has 0 spiro atoms. The van der Waals surface area contributed by atoms with Crippen molar-refractivity contribution < 1.29 is 9.84 Å². The van der Waals surface area contributed by atoms with Gasteiger partial charge in [0, 0.05) is 17.6 Å². The van der Waals surface area contributed by atoms with Crippen molar-refractivity contribution in [2.45, 2.75) is 6.10 Å². The van der Waals surface area contributed by atoms with Gasteiger partial charge in [-0.25, -0.2) is 9.97 Å². The van der Waals surface area contributed by atoms with Crippen LogP contribution in [0.25, 0.3) is 10.9 Å². The molecule has 0 bridgehead atoms. The van der Waals surface area contributed by atoms with Gasteiger partial charge < -0.3 is 9.84 Å². The van der Waals surface area contributed by atoms with Gasteiger partial charge in [0.2, 0.25) is 5.88 Å². The van der Waals surface area contributed by atoms with E-state index in [9.17, 15) is 5.11 Å². The summed E-state index contributed by atoms with van der Waals surface area (Å²) in [5.41, 5.74) is 2.15. The zero-order valence-corrected chi connectivity index (χ0v) is 10.9. The maximum absolute atomic E-state index is 10.4. The summed E-state index contributed by atoms with van der Waals surface area (Å²) in [5.74, 6) is 0.427. The zero-order valence-electron chi connectivity index (χ0n) is 10.9. The standard InChI is InChI=1S/C15H13N3O2/c1-20-14-8-13(17-9-18-14)15(19)11-4-5-12-10(7-11)3-2-6-16-12/h2-9,15,19H,1H3. The van der Waals surface area contributed by atoms with Crippen LogP contribution in [-0.4, -0.2) is 27.2 Å². The fourth-order valence-corrected chi connectivity index (χ4v) is 2.05. The largest absolute Gasteiger partial charge is 0.481 e. The van der Waals surface area contributed by atoms with E-state index < -0.39 is 6.10 Å². The van der Waals surface area contributed by atoms with E-state index in [2.05, 4.69) is 15.0 Å². The number of fused-ring (bicyclic) bond motifs is 1. The van der Waals surface area contributed by atoms with Crippen molar-refractivity contribution in [1.82, 2.24) is 15.0 Å². The quantitative estimate of drug-likeness (QED) is 0.787. The summed E-state index contributed by atoms with van der Waals surface area (Å²) < 4.78 is 5.04. The fraction of sp³-hybridized carbons (Fsp3) is 0.133. The normalized spacial score (nSPS) is 12.3. The first kappa shape index (κ1) is 12.5. The first-order valence-electron chi connectivity index (χ1n) is 6.16. The van der Waals surface area contributed by atoms with E-state index >= 15 is 0 Å². The summed E-state index contributed by atoms with van der Waals surface area (Å²) in [7, 11) is 1.53. The Bertz CT molecular complexity index is 746. The molecular formula is C15H13N3O2. The molecule has 1 N–H and O–H groups in total. The molecule has 3 aromatic rings. The number of aliphatic hydroxyl groups excluding tert-OH is 1. The number of aliphatic hydroxyl groups is 1. The highest BCUT2D eigenvalue weighted by Crippen LogP contribution is 2.24. The summed E-state index contributed by atoms with van der Waals surface area (Å²) in [5, 5.41) is 11.4. The molecular weight excluding hydrogens is 254 g/mol. The lowest BCUT2D eigenvalue weighted by molar-refractivity contribution is 0.214. The third-order valence-electron chi connectivity index (χ3n) is 3.10. The van der Waals surface area contributed by atoms with Gasteiger partial charge >= 0.3 is 0 Å². The molecule has 0 saturated carbocycles. The van der Waals surface area contributed by atoms with Gasteiger partial charge in [0.05, 0.1) is 18.3 Å². The molecule has 2 heterocycles. The average molecular weight is 267 g/mol. The van der Waals surface area contributed by atoms with Crippen molar-refractivity contribution in [3.8, 4) is 5.88 Å². The lowest BCUT2D eigenvalue weighted by Crippen LogP contribution is -2.03. The van der Waals surface area contributed by atoms with E-state index in [-0.39, 0.29) is 0 Å². The van der Waals surface area contributed by atoms with E-state index in [0.717, 1.165) is 16.5 Å². The Morgan fingerprint density at radius 2 is 2.00 bits per heavy atom. The Hall–Kier alpha value is -2.53. The third-order valence-corrected chi connectivity index (χ3v) is 3.10. The Balaban J connectivity index is 2.00. The Morgan fingerprint density at radius 1 is 1.10 bits per heavy atom. The van der Waals surface area contributed by atoms with E-state index in [1.165, 1.54) is 13.4 Å². The number of nitrogens with zero attached hydrogens (tertiary/aromatic N) is 3. The van der Waals surface area contributed by atoms with Gasteiger partial charge in [-0.1, -0.05) is 12.1 Å². The predicted octanol–water partition coefficient (Wildman–Crippen LogP) is 2.12. The van der Waals surface area contributed by atoms with Gasteiger partial charge in [0.1, 0.15) is 12.4 Å². The van der Waals surface area contributed by atoms with Gasteiger partial charge in [0.25, 0.3) is 0 Å². The lowest BCUT2D eigenvalue weighted by Gasteiger charge is -2.11. The van der Waals surface area contributed by atoms with Crippen LogP contribution in [0.3, 0.4) is 0 Å². The minimum absolute atomic E-state index is 0.427. The van der Waals surface area contributed by atoms with E-state index in [4.69, 9.17) is 4.74 Å².